The molecule has 0 fully saturated rings. The van der Waals surface area contributed by atoms with Crippen LogP contribution in [0.3, 0.4) is 0 Å². The molecule has 3 aromatic rings. The summed E-state index contributed by atoms with van der Waals surface area (Å²) in [6, 6.07) is 23.1. The maximum absolute atomic E-state index is 13.0. The van der Waals surface area contributed by atoms with E-state index in [-0.39, 0.29) is 18.2 Å². The minimum Gasteiger partial charge on any atom is -0.497 e. The topological polar surface area (TPSA) is 83.4 Å². The zero-order chi connectivity index (χ0) is 25.8. The van der Waals surface area contributed by atoms with E-state index in [0.717, 1.165) is 27.7 Å². The summed E-state index contributed by atoms with van der Waals surface area (Å²) in [5.41, 5.74) is 5.00. The fraction of sp³-hybridized carbons (Fsp3) is 0.241. The Morgan fingerprint density at radius 3 is 2.49 bits per heavy atom. The summed E-state index contributed by atoms with van der Waals surface area (Å²) in [6.45, 7) is 2.48. The Labute approximate surface area is 220 Å². The van der Waals surface area contributed by atoms with Gasteiger partial charge >= 0.3 is 0 Å². The smallest absolute Gasteiger partial charge is 0.270 e. The maximum atomic E-state index is 13.0. The molecule has 1 unspecified atom stereocenters. The van der Waals surface area contributed by atoms with Crippen molar-refractivity contribution in [2.24, 2.45) is 9.98 Å². The number of rotatable bonds is 8. The van der Waals surface area contributed by atoms with Crippen LogP contribution in [0.15, 0.2) is 82.8 Å². The first-order chi connectivity index (χ1) is 18.0. The molecule has 5 rings (SSSR count). The van der Waals surface area contributed by atoms with E-state index in [4.69, 9.17) is 9.73 Å². The highest BCUT2D eigenvalue weighted by Gasteiger charge is 2.41. The molecule has 1 N–H and O–H groups in total. The molecule has 2 amide bonds. The van der Waals surface area contributed by atoms with Crippen LogP contribution < -0.4 is 10.1 Å². The monoisotopic (exact) mass is 512 g/mol. The Morgan fingerprint density at radius 2 is 1.73 bits per heavy atom. The maximum Gasteiger partial charge on any atom is 0.270 e. The minimum absolute atomic E-state index is 0.111. The van der Waals surface area contributed by atoms with Crippen LogP contribution in [-0.2, 0) is 21.9 Å². The summed E-state index contributed by atoms with van der Waals surface area (Å²) in [7, 11) is 1.62. The van der Waals surface area contributed by atoms with E-state index in [1.165, 1.54) is 11.1 Å². The first-order valence-corrected chi connectivity index (χ1v) is 13.2. The van der Waals surface area contributed by atoms with Crippen molar-refractivity contribution >= 4 is 40.3 Å². The highest BCUT2D eigenvalue weighted by molar-refractivity contribution is 8.13. The van der Waals surface area contributed by atoms with E-state index in [2.05, 4.69) is 41.5 Å². The third kappa shape index (κ3) is 5.59. The van der Waals surface area contributed by atoms with Gasteiger partial charge in [-0.2, -0.15) is 4.99 Å². The normalized spacial score (nSPS) is 16.0. The van der Waals surface area contributed by atoms with Crippen LogP contribution in [0.1, 0.15) is 35.1 Å². The zero-order valence-corrected chi connectivity index (χ0v) is 21.6. The number of aliphatic imine (C=N–C) groups is 2. The van der Waals surface area contributed by atoms with Crippen LogP contribution in [-0.4, -0.2) is 40.9 Å². The van der Waals surface area contributed by atoms with Gasteiger partial charge in [-0.15, -0.1) is 0 Å². The van der Waals surface area contributed by atoms with Crippen LogP contribution in [0.4, 0.5) is 5.69 Å². The van der Waals surface area contributed by atoms with Gasteiger partial charge in [0.15, 0.2) is 5.17 Å². The average molecular weight is 513 g/mol. The Balaban J connectivity index is 1.27. The van der Waals surface area contributed by atoms with E-state index in [1.807, 2.05) is 53.4 Å². The summed E-state index contributed by atoms with van der Waals surface area (Å²) < 4.78 is 5.18. The number of nitrogens with one attached hydrogen (secondary N) is 1. The van der Waals surface area contributed by atoms with Gasteiger partial charge in [0.05, 0.1) is 12.8 Å². The van der Waals surface area contributed by atoms with E-state index >= 15 is 0 Å². The van der Waals surface area contributed by atoms with Crippen molar-refractivity contribution in [3.8, 4) is 5.75 Å². The summed E-state index contributed by atoms with van der Waals surface area (Å²) in [5, 5.41) is 3.67. The van der Waals surface area contributed by atoms with Gasteiger partial charge in [0.2, 0.25) is 5.91 Å². The van der Waals surface area contributed by atoms with Gasteiger partial charge in [-0.3, -0.25) is 14.5 Å². The lowest BCUT2D eigenvalue weighted by molar-refractivity contribution is -0.122. The first-order valence-electron chi connectivity index (χ1n) is 12.2. The number of nitrogens with zero attached hydrogens (tertiary/aromatic N) is 3. The van der Waals surface area contributed by atoms with Crippen LogP contribution in [0.5, 0.6) is 5.75 Å². The number of methoxy groups -OCH3 is 1. The van der Waals surface area contributed by atoms with Crippen molar-refractivity contribution in [2.45, 2.75) is 38.1 Å². The summed E-state index contributed by atoms with van der Waals surface area (Å²) in [6.07, 6.45) is 0.565. The van der Waals surface area contributed by atoms with Crippen molar-refractivity contribution in [3.63, 3.8) is 0 Å². The fourth-order valence-corrected chi connectivity index (χ4v) is 5.31. The Bertz CT molecular complexity index is 1370. The lowest BCUT2D eigenvalue weighted by Crippen LogP contribution is -2.44. The molecule has 7 nitrogen and oxygen atoms in total. The van der Waals surface area contributed by atoms with Crippen LogP contribution in [0.2, 0.25) is 0 Å². The second kappa shape index (κ2) is 11.0. The van der Waals surface area contributed by atoms with Gasteiger partial charge in [-0.05, 0) is 48.7 Å². The van der Waals surface area contributed by atoms with Gasteiger partial charge in [0.25, 0.3) is 5.91 Å². The number of aryl methyl sites for hydroxylation is 1. The van der Waals surface area contributed by atoms with E-state index in [0.29, 0.717) is 24.6 Å². The van der Waals surface area contributed by atoms with Crippen molar-refractivity contribution in [2.75, 3.05) is 7.11 Å². The molecular weight excluding hydrogens is 484 g/mol. The number of amidine groups is 2. The highest BCUT2D eigenvalue weighted by Crippen LogP contribution is 2.36. The van der Waals surface area contributed by atoms with Gasteiger partial charge in [-0.25, -0.2) is 4.99 Å². The minimum atomic E-state index is -0.556. The SMILES string of the molecule is COc1ccc(CNC(=O)CCC2C(=O)N=C3c4ccccc4N=C(SCc4ccc(C)cc4)N32)cc1. The van der Waals surface area contributed by atoms with E-state index in [1.54, 1.807) is 18.9 Å². The van der Waals surface area contributed by atoms with Crippen LogP contribution >= 0.6 is 11.8 Å². The first kappa shape index (κ1) is 24.8. The van der Waals surface area contributed by atoms with Gasteiger partial charge < -0.3 is 10.1 Å². The molecule has 2 aliphatic rings. The number of amides is 2. The molecule has 3 aromatic carbocycles. The van der Waals surface area contributed by atoms with Gasteiger partial charge in [0.1, 0.15) is 17.6 Å². The van der Waals surface area contributed by atoms with Gasteiger partial charge in [-0.1, -0.05) is 65.9 Å². The molecule has 0 aromatic heterocycles. The molecule has 2 heterocycles. The number of ether oxygens (including phenoxy) is 1. The van der Waals surface area contributed by atoms with Crippen molar-refractivity contribution in [1.29, 1.82) is 0 Å². The lowest BCUT2D eigenvalue weighted by atomic mass is 10.1. The lowest BCUT2D eigenvalue weighted by Gasteiger charge is -2.31. The highest BCUT2D eigenvalue weighted by atomic mass is 32.2. The standard InChI is InChI=1S/C29H28N4O3S/c1-19-7-9-21(10-8-19)18-37-29-31-24-6-4-3-5-23(24)27-32-28(35)25(33(27)29)15-16-26(34)30-17-20-11-13-22(36-2)14-12-20/h3-14,25H,15-18H2,1-2H3,(H,30,34). The number of para-hydroxylation sites is 1. The predicted molar refractivity (Wildman–Crippen MR) is 147 cm³/mol. The molecule has 0 aliphatic carbocycles. The molecule has 188 valence electrons. The molecule has 1 atom stereocenters. The predicted octanol–water partition coefficient (Wildman–Crippen LogP) is 4.99. The number of fused-ring (bicyclic) bond motifs is 3. The molecule has 0 spiro atoms. The largest absolute Gasteiger partial charge is 0.497 e. The fourth-order valence-electron chi connectivity index (χ4n) is 4.31. The number of thioether (sulfide) groups is 1. The molecular formula is C29H28N4O3S. The third-order valence-electron chi connectivity index (χ3n) is 6.39. The van der Waals surface area contributed by atoms with Crippen LogP contribution in [0, 0.1) is 6.92 Å². The molecule has 0 radical (unpaired) electrons. The van der Waals surface area contributed by atoms with Crippen LogP contribution in [0.25, 0.3) is 0 Å². The van der Waals surface area contributed by atoms with Crippen molar-refractivity contribution < 1.29 is 14.3 Å². The molecule has 0 bridgehead atoms. The summed E-state index contributed by atoms with van der Waals surface area (Å²) >= 11 is 1.58. The number of carbonyl (C=O) groups excluding carboxylic acids is 2. The third-order valence-corrected chi connectivity index (χ3v) is 7.41. The quantitative estimate of drug-likeness (QED) is 0.460. The number of carbonyl (C=O) groups is 2. The Morgan fingerprint density at radius 1 is 1.00 bits per heavy atom. The Hall–Kier alpha value is -3.91. The molecule has 0 saturated heterocycles. The van der Waals surface area contributed by atoms with Crippen molar-refractivity contribution in [3.05, 3.63) is 95.1 Å². The average Bonchev–Trinajstić information content (AvgIpc) is 3.26. The summed E-state index contributed by atoms with van der Waals surface area (Å²) in [4.78, 5) is 36.9. The summed E-state index contributed by atoms with van der Waals surface area (Å²) in [5.74, 6) is 1.75. The van der Waals surface area contributed by atoms with Crippen molar-refractivity contribution in [1.82, 2.24) is 10.2 Å². The second-order valence-corrected chi connectivity index (χ2v) is 9.95. The van der Waals surface area contributed by atoms with E-state index < -0.39 is 6.04 Å². The molecule has 0 saturated carbocycles. The number of hydrogen-bond donors (Lipinski definition) is 1. The number of benzene rings is 3. The Kier molecular flexibility index (Phi) is 7.37. The molecule has 2 aliphatic heterocycles. The molecule has 37 heavy (non-hydrogen) atoms. The molecule has 8 heteroatoms. The second-order valence-electron chi connectivity index (χ2n) is 9.01. The van der Waals surface area contributed by atoms with E-state index in [9.17, 15) is 9.59 Å². The number of hydrogen-bond acceptors (Lipinski definition) is 6. The zero-order valence-electron chi connectivity index (χ0n) is 20.8. The van der Waals surface area contributed by atoms with Gasteiger partial charge in [0, 0.05) is 24.3 Å².